The molecule has 0 radical (unpaired) electrons. The average Bonchev–Trinajstić information content (AvgIpc) is 2.84. The molecule has 3 aromatic carbocycles. The molecule has 7 heteroatoms. The van der Waals surface area contributed by atoms with Crippen molar-refractivity contribution in [2.45, 2.75) is 26.2 Å². The molecular weight excluding hydrogens is 443 g/mol. The molecule has 35 heavy (non-hydrogen) atoms. The van der Waals surface area contributed by atoms with Gasteiger partial charge in [0.15, 0.2) is 0 Å². The highest BCUT2D eigenvalue weighted by atomic mass is 19.1. The van der Waals surface area contributed by atoms with Gasteiger partial charge in [0.25, 0.3) is 5.91 Å². The van der Waals surface area contributed by atoms with E-state index >= 15 is 0 Å². The van der Waals surface area contributed by atoms with Gasteiger partial charge in [0, 0.05) is 48.8 Å². The highest BCUT2D eigenvalue weighted by Crippen LogP contribution is 2.24. The number of nitrogens with one attached hydrogen (secondary N) is 2. The number of urea groups is 1. The van der Waals surface area contributed by atoms with Gasteiger partial charge in [-0.1, -0.05) is 39.0 Å². The van der Waals surface area contributed by atoms with Crippen LogP contribution < -0.4 is 15.5 Å². The third-order valence-corrected chi connectivity index (χ3v) is 6.14. The first-order chi connectivity index (χ1) is 16.7. The summed E-state index contributed by atoms with van der Waals surface area (Å²) in [4.78, 5) is 29.2. The van der Waals surface area contributed by atoms with Crippen molar-refractivity contribution in [2.75, 3.05) is 41.7 Å². The molecule has 0 aromatic heterocycles. The Hall–Kier alpha value is -3.87. The molecule has 3 amide bonds. The molecular formula is C28H31FN4O2. The maximum atomic E-state index is 13.3. The average molecular weight is 475 g/mol. The summed E-state index contributed by atoms with van der Waals surface area (Å²) in [6.45, 7) is 9.25. The fraction of sp³-hybridized carbons (Fsp3) is 0.286. The van der Waals surface area contributed by atoms with E-state index in [9.17, 15) is 14.0 Å². The Morgan fingerprint density at radius 1 is 0.800 bits per heavy atom. The van der Waals surface area contributed by atoms with Crippen molar-refractivity contribution in [3.63, 3.8) is 0 Å². The maximum absolute atomic E-state index is 13.3. The van der Waals surface area contributed by atoms with Gasteiger partial charge in [-0.05, 0) is 65.6 Å². The van der Waals surface area contributed by atoms with Crippen molar-refractivity contribution in [2.24, 2.45) is 0 Å². The molecule has 3 aromatic rings. The highest BCUT2D eigenvalue weighted by Gasteiger charge is 2.23. The number of rotatable bonds is 4. The zero-order valence-electron chi connectivity index (χ0n) is 20.3. The normalized spacial score (nSPS) is 13.9. The van der Waals surface area contributed by atoms with Gasteiger partial charge in [0.05, 0.1) is 0 Å². The van der Waals surface area contributed by atoms with E-state index in [2.05, 4.69) is 36.3 Å². The van der Waals surface area contributed by atoms with Crippen molar-refractivity contribution >= 4 is 29.0 Å². The quantitative estimate of drug-likeness (QED) is 0.508. The van der Waals surface area contributed by atoms with Crippen molar-refractivity contribution < 1.29 is 14.0 Å². The van der Waals surface area contributed by atoms with E-state index < -0.39 is 11.8 Å². The molecule has 182 valence electrons. The van der Waals surface area contributed by atoms with Gasteiger partial charge in [-0.3, -0.25) is 4.79 Å². The summed E-state index contributed by atoms with van der Waals surface area (Å²) in [5.41, 5.74) is 4.04. The van der Waals surface area contributed by atoms with Crippen LogP contribution in [-0.2, 0) is 5.41 Å². The molecule has 0 aliphatic carbocycles. The lowest BCUT2D eigenvalue weighted by molar-refractivity contribution is 0.0746. The van der Waals surface area contributed by atoms with Gasteiger partial charge in [-0.2, -0.15) is 0 Å². The zero-order valence-corrected chi connectivity index (χ0v) is 20.3. The Kier molecular flexibility index (Phi) is 7.05. The van der Waals surface area contributed by atoms with Gasteiger partial charge in [0.2, 0.25) is 0 Å². The molecule has 1 heterocycles. The molecule has 0 spiro atoms. The SMILES string of the molecule is CC(C)(C)c1ccc(C(=O)N2CCN(c3ccc(NC(=O)Nc4cccc(F)c4)cc3)CC2)cc1. The monoisotopic (exact) mass is 474 g/mol. The van der Waals surface area contributed by atoms with Crippen molar-refractivity contribution in [3.8, 4) is 0 Å². The van der Waals surface area contributed by atoms with Crippen LogP contribution in [0.3, 0.4) is 0 Å². The highest BCUT2D eigenvalue weighted by molar-refractivity contribution is 5.99. The van der Waals surface area contributed by atoms with Crippen LogP contribution in [0.15, 0.2) is 72.8 Å². The van der Waals surface area contributed by atoms with E-state index in [4.69, 9.17) is 0 Å². The van der Waals surface area contributed by atoms with Crippen LogP contribution in [0.2, 0.25) is 0 Å². The van der Waals surface area contributed by atoms with Gasteiger partial charge in [-0.25, -0.2) is 9.18 Å². The van der Waals surface area contributed by atoms with Crippen LogP contribution >= 0.6 is 0 Å². The minimum atomic E-state index is -0.439. The standard InChI is InChI=1S/C28H31FN4O2/c1-28(2,3)21-9-7-20(8-10-21)26(34)33-17-15-32(16-18-33)25-13-11-23(12-14-25)30-27(35)31-24-6-4-5-22(29)19-24/h4-14,19H,15-18H2,1-3H3,(H2,30,31,35). The van der Waals surface area contributed by atoms with Gasteiger partial charge < -0.3 is 20.4 Å². The molecule has 0 atom stereocenters. The van der Waals surface area contributed by atoms with E-state index in [1.54, 1.807) is 6.07 Å². The molecule has 4 rings (SSSR count). The predicted molar refractivity (Wildman–Crippen MR) is 139 cm³/mol. The largest absolute Gasteiger partial charge is 0.368 e. The lowest BCUT2D eigenvalue weighted by Crippen LogP contribution is -2.48. The lowest BCUT2D eigenvalue weighted by atomic mass is 9.86. The second kappa shape index (κ2) is 10.2. The number of hydrogen-bond acceptors (Lipinski definition) is 3. The van der Waals surface area contributed by atoms with Crippen LogP contribution in [0.1, 0.15) is 36.7 Å². The second-order valence-corrected chi connectivity index (χ2v) is 9.74. The van der Waals surface area contributed by atoms with Crippen molar-refractivity contribution in [1.82, 2.24) is 4.90 Å². The Morgan fingerprint density at radius 2 is 1.43 bits per heavy atom. The fourth-order valence-corrected chi connectivity index (χ4v) is 4.08. The van der Waals surface area contributed by atoms with E-state index in [1.165, 1.54) is 23.8 Å². The first-order valence-electron chi connectivity index (χ1n) is 11.8. The van der Waals surface area contributed by atoms with Crippen LogP contribution in [-0.4, -0.2) is 43.0 Å². The number of nitrogens with zero attached hydrogens (tertiary/aromatic N) is 2. The second-order valence-electron chi connectivity index (χ2n) is 9.74. The first kappa shape index (κ1) is 24.3. The van der Waals surface area contributed by atoms with Crippen molar-refractivity contribution in [1.29, 1.82) is 0 Å². The van der Waals surface area contributed by atoms with Crippen LogP contribution in [0.5, 0.6) is 0 Å². The van der Waals surface area contributed by atoms with Gasteiger partial charge in [-0.15, -0.1) is 0 Å². The van der Waals surface area contributed by atoms with Crippen LogP contribution in [0.25, 0.3) is 0 Å². The summed E-state index contributed by atoms with van der Waals surface area (Å²) < 4.78 is 13.3. The third kappa shape index (κ3) is 6.18. The Morgan fingerprint density at radius 3 is 2.03 bits per heavy atom. The van der Waals surface area contributed by atoms with E-state index in [0.717, 1.165) is 24.3 Å². The Bertz CT molecular complexity index is 1180. The fourth-order valence-electron chi connectivity index (χ4n) is 4.08. The van der Waals surface area contributed by atoms with Gasteiger partial charge >= 0.3 is 6.03 Å². The predicted octanol–water partition coefficient (Wildman–Crippen LogP) is 5.73. The smallest absolute Gasteiger partial charge is 0.323 e. The zero-order chi connectivity index (χ0) is 25.0. The summed E-state index contributed by atoms with van der Waals surface area (Å²) in [5, 5.41) is 5.36. The maximum Gasteiger partial charge on any atom is 0.323 e. The van der Waals surface area contributed by atoms with Crippen molar-refractivity contribution in [3.05, 3.63) is 89.7 Å². The molecule has 1 aliphatic rings. The molecule has 2 N–H and O–H groups in total. The summed E-state index contributed by atoms with van der Waals surface area (Å²) >= 11 is 0. The third-order valence-electron chi connectivity index (χ3n) is 6.14. The van der Waals surface area contributed by atoms with Gasteiger partial charge in [0.1, 0.15) is 5.82 Å². The molecule has 0 saturated carbocycles. The van der Waals surface area contributed by atoms with E-state index in [-0.39, 0.29) is 11.3 Å². The minimum Gasteiger partial charge on any atom is -0.368 e. The number of amides is 3. The number of hydrogen-bond donors (Lipinski definition) is 2. The Labute approximate surface area is 205 Å². The number of benzene rings is 3. The number of piperazine rings is 1. The lowest BCUT2D eigenvalue weighted by Gasteiger charge is -2.36. The first-order valence-corrected chi connectivity index (χ1v) is 11.8. The van der Waals surface area contributed by atoms with Crippen LogP contribution in [0.4, 0.5) is 26.2 Å². The van der Waals surface area contributed by atoms with E-state index in [0.29, 0.717) is 24.5 Å². The number of halogens is 1. The topological polar surface area (TPSA) is 64.7 Å². The molecule has 6 nitrogen and oxygen atoms in total. The van der Waals surface area contributed by atoms with E-state index in [1.807, 2.05) is 53.4 Å². The van der Waals surface area contributed by atoms with Crippen LogP contribution in [0, 0.1) is 5.82 Å². The number of anilines is 3. The summed E-state index contributed by atoms with van der Waals surface area (Å²) in [7, 11) is 0. The molecule has 1 fully saturated rings. The molecule has 1 aliphatic heterocycles. The summed E-state index contributed by atoms with van der Waals surface area (Å²) in [6, 6.07) is 20.8. The molecule has 0 unspecified atom stereocenters. The number of carbonyl (C=O) groups is 2. The molecule has 0 bridgehead atoms. The summed E-state index contributed by atoms with van der Waals surface area (Å²) in [5.74, 6) is -0.346. The number of carbonyl (C=O) groups excluding carboxylic acids is 2. The summed E-state index contributed by atoms with van der Waals surface area (Å²) in [6.07, 6.45) is 0. The Balaban J connectivity index is 1.29. The minimum absolute atomic E-state index is 0.0589. The molecule has 1 saturated heterocycles.